The summed E-state index contributed by atoms with van der Waals surface area (Å²) in [6.07, 6.45) is 12.8. The summed E-state index contributed by atoms with van der Waals surface area (Å²) in [5.74, 6) is 0. The molecule has 0 nitrogen and oxygen atoms in total. The Hall–Kier alpha value is -0.105. The van der Waals surface area contributed by atoms with E-state index in [1.807, 2.05) is 42.5 Å². The zero-order chi connectivity index (χ0) is 10.1. The molecule has 0 atom stereocenters. The van der Waals surface area contributed by atoms with Crippen molar-refractivity contribution in [3.05, 3.63) is 54.1 Å². The number of benzene rings is 1. The molecule has 0 fully saturated rings. The molecule has 0 aromatic heterocycles. The van der Waals surface area contributed by atoms with E-state index in [0.717, 1.165) is 12.0 Å². The van der Waals surface area contributed by atoms with E-state index in [9.17, 15) is 0 Å². The van der Waals surface area contributed by atoms with Crippen LogP contribution in [-0.2, 0) is 0 Å². The van der Waals surface area contributed by atoms with E-state index < -0.39 is 0 Å². The Morgan fingerprint density at radius 3 is 2.75 bits per heavy atom. The first kappa shape index (κ1) is 18.3. The number of hydrogen-bond donors (Lipinski definition) is 0. The van der Waals surface area contributed by atoms with Crippen molar-refractivity contribution in [3.8, 4) is 0 Å². The first-order valence-corrected chi connectivity index (χ1v) is 5.13. The van der Waals surface area contributed by atoms with Crippen molar-refractivity contribution in [2.24, 2.45) is 0 Å². The second kappa shape index (κ2) is 13.0. The Kier molecular flexibility index (Phi) is 14.8. The molecule has 1 aromatic rings. The Morgan fingerprint density at radius 1 is 1.31 bits per heavy atom. The van der Waals surface area contributed by atoms with Crippen LogP contribution >= 0.6 is 0 Å². The summed E-state index contributed by atoms with van der Waals surface area (Å²) in [4.78, 5) is 0. The molecule has 2 heteroatoms. The minimum Gasteiger partial charge on any atom is -0.276 e. The largest absolute Gasteiger partial charge is 1.00 e. The van der Waals surface area contributed by atoms with Crippen LogP contribution in [0.4, 0.5) is 0 Å². The Morgan fingerprint density at radius 2 is 2.12 bits per heavy atom. The molecule has 0 spiro atoms. The summed E-state index contributed by atoms with van der Waals surface area (Å²) >= 11 is 0. The van der Waals surface area contributed by atoms with Gasteiger partial charge in [0.05, 0.1) is 0 Å². The molecule has 0 N–H and O–H groups in total. The zero-order valence-electron chi connectivity index (χ0n) is 10.7. The molecule has 0 saturated carbocycles. The van der Waals surface area contributed by atoms with E-state index in [1.54, 1.807) is 0 Å². The fourth-order valence-electron chi connectivity index (χ4n) is 1.09. The summed E-state index contributed by atoms with van der Waals surface area (Å²) in [6, 6.07) is 11.1. The average molecular weight is 198 g/mol. The van der Waals surface area contributed by atoms with Gasteiger partial charge < -0.3 is 0 Å². The number of hydrogen-bond acceptors (Lipinski definition) is 0. The molecule has 16 heavy (non-hydrogen) atoms. The van der Waals surface area contributed by atoms with Crippen LogP contribution in [0.5, 0.6) is 0 Å². The van der Waals surface area contributed by atoms with Gasteiger partial charge in [0, 0.05) is 0 Å². The maximum atomic E-state index is 3.23. The van der Waals surface area contributed by atoms with Crippen LogP contribution in [0.25, 0.3) is 6.08 Å². The number of allylic oxidation sites excluding steroid dienone is 3. The van der Waals surface area contributed by atoms with Crippen LogP contribution in [0.1, 0.15) is 31.7 Å². The monoisotopic (exact) mass is 198 g/mol. The quantitative estimate of drug-likeness (QED) is 0.223. The summed E-state index contributed by atoms with van der Waals surface area (Å²) in [7, 11) is 0. The van der Waals surface area contributed by atoms with Crippen molar-refractivity contribution in [2.75, 3.05) is 0 Å². The van der Waals surface area contributed by atoms with E-state index >= 15 is 0 Å². The maximum Gasteiger partial charge on any atom is 1.00 e. The van der Waals surface area contributed by atoms with Crippen LogP contribution < -0.4 is 37.7 Å². The fraction of sp³-hybridized carbons (Fsp3) is 0.286. The molecule has 0 unspecified atom stereocenters. The van der Waals surface area contributed by atoms with Gasteiger partial charge in [-0.3, -0.25) is 12.2 Å². The molecule has 0 saturated heterocycles. The summed E-state index contributed by atoms with van der Waals surface area (Å²) in [5.41, 5.74) is 1.11. The number of unbranched alkanes of at least 4 members (excludes halogenated alkanes) is 2. The predicted molar refractivity (Wildman–Crippen MR) is 61.7 cm³/mol. The average Bonchev–Trinajstić information content (AvgIpc) is 2.25. The van der Waals surface area contributed by atoms with Crippen molar-refractivity contribution in [2.45, 2.75) is 26.2 Å². The molecule has 0 radical (unpaired) electrons. The van der Waals surface area contributed by atoms with Crippen molar-refractivity contribution < 1.29 is 37.7 Å². The van der Waals surface area contributed by atoms with Crippen LogP contribution in [-0.4, -0.2) is 0 Å². The third-order valence-corrected chi connectivity index (χ3v) is 1.90. The molecule has 0 amide bonds. The normalized spacial score (nSPS) is 10.1. The van der Waals surface area contributed by atoms with Gasteiger partial charge in [-0.25, -0.2) is 12.2 Å². The summed E-state index contributed by atoms with van der Waals surface area (Å²) < 4.78 is 0. The molecule has 1 aromatic carbocycles. The van der Waals surface area contributed by atoms with Crippen LogP contribution in [0, 0.1) is 12.1 Å². The molecule has 1 rings (SSSR count). The molecule has 74 valence electrons. The molecule has 0 aliphatic heterocycles. The van der Waals surface area contributed by atoms with E-state index in [0.29, 0.717) is 0 Å². The fourth-order valence-corrected chi connectivity index (χ4v) is 1.09. The predicted octanol–water partition coefficient (Wildman–Crippen LogP) is -1.94. The SMILES string of the molecule is CCCC[C-]=C/C=C/c1[c-]cccc1.[Li+].[Li+]. The smallest absolute Gasteiger partial charge is 0.276 e. The van der Waals surface area contributed by atoms with E-state index in [4.69, 9.17) is 0 Å². The molecule has 0 aliphatic carbocycles. The number of rotatable bonds is 5. The van der Waals surface area contributed by atoms with E-state index in [-0.39, 0.29) is 37.7 Å². The van der Waals surface area contributed by atoms with E-state index in [2.05, 4.69) is 19.1 Å². The van der Waals surface area contributed by atoms with Crippen LogP contribution in [0.2, 0.25) is 0 Å². The standard InChI is InChI=1S/C14H16.2Li/c1-2-3-4-5-6-8-11-14-12-9-7-10-13-14;;/h6-12H,2-4H2,1H3;;/q-2;2*+1/b11-8+;;. The topological polar surface area (TPSA) is 0 Å². The van der Waals surface area contributed by atoms with Crippen molar-refractivity contribution in [1.82, 2.24) is 0 Å². The van der Waals surface area contributed by atoms with Gasteiger partial charge in [0.15, 0.2) is 0 Å². The second-order valence-electron chi connectivity index (χ2n) is 3.15. The molecule has 0 aliphatic rings. The summed E-state index contributed by atoms with van der Waals surface area (Å²) in [6.45, 7) is 2.19. The Bertz CT molecular complexity index is 289. The van der Waals surface area contributed by atoms with Gasteiger partial charge in [-0.05, 0) is 0 Å². The molecular formula is C14H16Li2. The van der Waals surface area contributed by atoms with Gasteiger partial charge in [-0.15, -0.1) is 36.8 Å². The second-order valence-corrected chi connectivity index (χ2v) is 3.15. The first-order valence-electron chi connectivity index (χ1n) is 5.13. The van der Waals surface area contributed by atoms with Gasteiger partial charge in [-0.2, -0.15) is 5.56 Å². The van der Waals surface area contributed by atoms with E-state index in [1.165, 1.54) is 12.8 Å². The van der Waals surface area contributed by atoms with Crippen molar-refractivity contribution >= 4 is 6.08 Å². The third-order valence-electron chi connectivity index (χ3n) is 1.90. The Labute approximate surface area is 124 Å². The Balaban J connectivity index is 0. The van der Waals surface area contributed by atoms with Crippen LogP contribution in [0.15, 0.2) is 36.4 Å². The molecule has 0 heterocycles. The van der Waals surface area contributed by atoms with Gasteiger partial charge in [-0.1, -0.05) is 19.8 Å². The zero-order valence-corrected chi connectivity index (χ0v) is 10.7. The van der Waals surface area contributed by atoms with Crippen LogP contribution in [0.3, 0.4) is 0 Å². The minimum atomic E-state index is 0. The third kappa shape index (κ3) is 9.14. The minimum absolute atomic E-state index is 0. The first-order chi connectivity index (χ1) is 6.93. The van der Waals surface area contributed by atoms with Crippen molar-refractivity contribution in [1.29, 1.82) is 0 Å². The molecular weight excluding hydrogens is 182 g/mol. The van der Waals surface area contributed by atoms with Gasteiger partial charge in [0.25, 0.3) is 0 Å². The van der Waals surface area contributed by atoms with Gasteiger partial charge in [0.2, 0.25) is 0 Å². The summed E-state index contributed by atoms with van der Waals surface area (Å²) in [5, 5.41) is 0. The maximum absolute atomic E-state index is 3.23. The molecule has 0 bridgehead atoms. The van der Waals surface area contributed by atoms with Crippen molar-refractivity contribution in [3.63, 3.8) is 0 Å². The van der Waals surface area contributed by atoms with Gasteiger partial charge >= 0.3 is 37.7 Å². The van der Waals surface area contributed by atoms with Gasteiger partial charge in [0.1, 0.15) is 0 Å².